The van der Waals surface area contributed by atoms with E-state index in [1.165, 1.54) is 0 Å². The van der Waals surface area contributed by atoms with Crippen molar-refractivity contribution in [3.63, 3.8) is 0 Å². The molecule has 1 aromatic rings. The summed E-state index contributed by atoms with van der Waals surface area (Å²) in [4.78, 5) is 12.0. The number of ether oxygens (including phenoxy) is 1. The lowest BCUT2D eigenvalue weighted by molar-refractivity contribution is -0.116. The second-order valence-electron chi connectivity index (χ2n) is 5.17. The van der Waals surface area contributed by atoms with Crippen LogP contribution in [0.4, 0.5) is 0 Å². The van der Waals surface area contributed by atoms with E-state index in [9.17, 15) is 4.79 Å². The van der Waals surface area contributed by atoms with Gasteiger partial charge in [0.15, 0.2) is 5.78 Å². The Bertz CT molecular complexity index is 494. The molecule has 2 nitrogen and oxygen atoms in total. The predicted octanol–water partition coefficient (Wildman–Crippen LogP) is 4.61. The molecule has 0 saturated heterocycles. The second kappa shape index (κ2) is 7.49. The highest BCUT2D eigenvalue weighted by molar-refractivity contribution is 6.34. The van der Waals surface area contributed by atoms with Crippen LogP contribution < -0.4 is 4.74 Å². The highest BCUT2D eigenvalue weighted by atomic mass is 35.5. The van der Waals surface area contributed by atoms with Crippen molar-refractivity contribution in [3.05, 3.63) is 35.4 Å². The molecule has 1 aromatic carbocycles. The highest BCUT2D eigenvalue weighted by Gasteiger charge is 2.24. The molecule has 3 heteroatoms. The van der Waals surface area contributed by atoms with Crippen LogP contribution in [0.2, 0.25) is 0 Å². The zero-order chi connectivity index (χ0) is 14.4. The molecule has 108 valence electrons. The van der Waals surface area contributed by atoms with Crippen molar-refractivity contribution in [2.75, 3.05) is 6.61 Å². The van der Waals surface area contributed by atoms with E-state index < -0.39 is 0 Å². The van der Waals surface area contributed by atoms with Crippen LogP contribution in [0, 0.1) is 0 Å². The van der Waals surface area contributed by atoms with Crippen LogP contribution >= 0.6 is 11.6 Å². The van der Waals surface area contributed by atoms with Gasteiger partial charge in [0, 0.05) is 0 Å². The molecule has 0 heterocycles. The van der Waals surface area contributed by atoms with Crippen LogP contribution in [0.1, 0.15) is 44.6 Å². The molecule has 1 aliphatic rings. The van der Waals surface area contributed by atoms with Crippen molar-refractivity contribution in [1.82, 2.24) is 0 Å². The Morgan fingerprint density at radius 3 is 3.10 bits per heavy atom. The van der Waals surface area contributed by atoms with Crippen molar-refractivity contribution in [2.24, 2.45) is 0 Å². The van der Waals surface area contributed by atoms with E-state index in [0.717, 1.165) is 55.6 Å². The molecule has 1 unspecified atom stereocenters. The van der Waals surface area contributed by atoms with Crippen LogP contribution in [0.15, 0.2) is 29.8 Å². The third-order valence-electron chi connectivity index (χ3n) is 3.47. The van der Waals surface area contributed by atoms with Crippen molar-refractivity contribution in [2.45, 2.75) is 44.4 Å². The molecule has 0 radical (unpaired) electrons. The summed E-state index contributed by atoms with van der Waals surface area (Å²) < 4.78 is 5.68. The second-order valence-corrected chi connectivity index (χ2v) is 5.69. The fourth-order valence-electron chi connectivity index (χ4n) is 2.30. The van der Waals surface area contributed by atoms with Crippen molar-refractivity contribution >= 4 is 23.5 Å². The van der Waals surface area contributed by atoms with Crippen molar-refractivity contribution in [1.29, 1.82) is 0 Å². The van der Waals surface area contributed by atoms with Crippen LogP contribution in [0.3, 0.4) is 0 Å². The van der Waals surface area contributed by atoms with Crippen LogP contribution in [-0.4, -0.2) is 17.8 Å². The molecule has 1 saturated carbocycles. The Morgan fingerprint density at radius 1 is 1.45 bits per heavy atom. The number of ketones is 1. The summed E-state index contributed by atoms with van der Waals surface area (Å²) in [5.74, 6) is 0.939. The predicted molar refractivity (Wildman–Crippen MR) is 83.3 cm³/mol. The van der Waals surface area contributed by atoms with Gasteiger partial charge in [0.2, 0.25) is 0 Å². The Hall–Kier alpha value is -1.28. The lowest BCUT2D eigenvalue weighted by Crippen LogP contribution is -2.21. The van der Waals surface area contributed by atoms with E-state index in [4.69, 9.17) is 16.3 Å². The average molecular weight is 293 g/mol. The maximum Gasteiger partial charge on any atom is 0.176 e. The van der Waals surface area contributed by atoms with E-state index >= 15 is 0 Å². The Morgan fingerprint density at radius 2 is 2.30 bits per heavy atom. The summed E-state index contributed by atoms with van der Waals surface area (Å²) in [6, 6.07) is 7.88. The minimum absolute atomic E-state index is 0.0789. The molecule has 1 fully saturated rings. The summed E-state index contributed by atoms with van der Waals surface area (Å²) in [7, 11) is 0. The summed E-state index contributed by atoms with van der Waals surface area (Å²) in [6.45, 7) is 2.88. The lowest BCUT2D eigenvalue weighted by atomic mass is 9.91. The number of alkyl halides is 1. The smallest absolute Gasteiger partial charge is 0.176 e. The fourth-order valence-corrected chi connectivity index (χ4v) is 2.59. The van der Waals surface area contributed by atoms with Gasteiger partial charge in [-0.3, -0.25) is 4.79 Å². The third kappa shape index (κ3) is 4.11. The minimum atomic E-state index is -0.348. The molecule has 2 rings (SSSR count). The number of halogens is 1. The third-order valence-corrected chi connectivity index (χ3v) is 3.89. The minimum Gasteiger partial charge on any atom is -0.494 e. The van der Waals surface area contributed by atoms with Crippen molar-refractivity contribution in [3.8, 4) is 5.75 Å². The van der Waals surface area contributed by atoms with Gasteiger partial charge in [-0.2, -0.15) is 0 Å². The van der Waals surface area contributed by atoms with Gasteiger partial charge >= 0.3 is 0 Å². The maximum absolute atomic E-state index is 12.0. The first-order valence-corrected chi connectivity index (χ1v) is 7.76. The zero-order valence-electron chi connectivity index (χ0n) is 11.9. The largest absolute Gasteiger partial charge is 0.494 e. The number of unbranched alkanes of at least 4 members (excludes halogenated alkanes) is 1. The van der Waals surface area contributed by atoms with Gasteiger partial charge in [-0.05, 0) is 55.0 Å². The Balaban J connectivity index is 2.08. The Kier molecular flexibility index (Phi) is 5.66. The molecule has 20 heavy (non-hydrogen) atoms. The molecule has 0 bridgehead atoms. The summed E-state index contributed by atoms with van der Waals surface area (Å²) in [6.07, 6.45) is 6.72. The van der Waals surface area contributed by atoms with Gasteiger partial charge < -0.3 is 4.74 Å². The first-order chi connectivity index (χ1) is 9.70. The summed E-state index contributed by atoms with van der Waals surface area (Å²) in [5, 5.41) is -0.348. The van der Waals surface area contributed by atoms with E-state index in [1.807, 2.05) is 30.3 Å². The molecule has 1 atom stereocenters. The molecule has 0 amide bonds. The first-order valence-electron chi connectivity index (χ1n) is 7.32. The van der Waals surface area contributed by atoms with E-state index in [-0.39, 0.29) is 11.2 Å². The van der Waals surface area contributed by atoms with Gasteiger partial charge in [0.25, 0.3) is 0 Å². The van der Waals surface area contributed by atoms with Crippen LogP contribution in [0.5, 0.6) is 5.75 Å². The first kappa shape index (κ1) is 15.1. The number of allylic oxidation sites excluding steroid dienone is 1. The number of carbonyl (C=O) groups excluding carboxylic acids is 1. The van der Waals surface area contributed by atoms with Gasteiger partial charge in [0.1, 0.15) is 5.75 Å². The Labute approximate surface area is 125 Å². The fraction of sp³-hybridized carbons (Fsp3) is 0.471. The lowest BCUT2D eigenvalue weighted by Gasteiger charge is -2.17. The van der Waals surface area contributed by atoms with Crippen LogP contribution in [0.25, 0.3) is 6.08 Å². The van der Waals surface area contributed by atoms with E-state index in [2.05, 4.69) is 6.92 Å². The molecule has 1 aliphatic carbocycles. The van der Waals surface area contributed by atoms with Crippen LogP contribution in [-0.2, 0) is 4.79 Å². The van der Waals surface area contributed by atoms with Gasteiger partial charge in [-0.15, -0.1) is 11.6 Å². The number of rotatable bonds is 5. The zero-order valence-corrected chi connectivity index (χ0v) is 12.7. The normalized spacial score (nSPS) is 21.2. The standard InChI is InChI=1S/C17H21ClO2/c1-2-3-10-20-15-8-4-6-13(12-15)11-14-7-5-9-16(18)17(14)19/h4,6,8,11-12,16H,2-3,5,7,9-10H2,1H3. The number of Topliss-reactive ketones (excluding diaryl/α,β-unsaturated/α-hetero) is 1. The summed E-state index contributed by atoms with van der Waals surface area (Å²) in [5.41, 5.74) is 1.84. The SMILES string of the molecule is CCCCOc1cccc(C=C2CCCC(Cl)C2=O)c1. The molecule has 0 spiro atoms. The monoisotopic (exact) mass is 292 g/mol. The van der Waals surface area contributed by atoms with Gasteiger partial charge in [-0.25, -0.2) is 0 Å². The van der Waals surface area contributed by atoms with Gasteiger partial charge in [0.05, 0.1) is 12.0 Å². The molecular formula is C17H21ClO2. The molecular weight excluding hydrogens is 272 g/mol. The number of carbonyl (C=O) groups is 1. The maximum atomic E-state index is 12.0. The average Bonchev–Trinajstić information content (AvgIpc) is 2.45. The number of hydrogen-bond donors (Lipinski definition) is 0. The molecule has 0 aliphatic heterocycles. The summed E-state index contributed by atoms with van der Waals surface area (Å²) >= 11 is 6.03. The van der Waals surface area contributed by atoms with E-state index in [0.29, 0.717) is 0 Å². The molecule has 0 aromatic heterocycles. The van der Waals surface area contributed by atoms with E-state index in [1.54, 1.807) is 0 Å². The molecule has 0 N–H and O–H groups in total. The quantitative estimate of drug-likeness (QED) is 0.450. The number of benzene rings is 1. The van der Waals surface area contributed by atoms with Crippen molar-refractivity contribution < 1.29 is 9.53 Å². The van der Waals surface area contributed by atoms with Gasteiger partial charge in [-0.1, -0.05) is 25.5 Å². The highest BCUT2D eigenvalue weighted by Crippen LogP contribution is 2.26. The topological polar surface area (TPSA) is 26.3 Å². The number of hydrogen-bond acceptors (Lipinski definition) is 2.